The van der Waals surface area contributed by atoms with Crippen molar-refractivity contribution in [3.63, 3.8) is 0 Å². The predicted molar refractivity (Wildman–Crippen MR) is 126 cm³/mol. The summed E-state index contributed by atoms with van der Waals surface area (Å²) in [6, 6.07) is 12.2. The summed E-state index contributed by atoms with van der Waals surface area (Å²) in [5, 5.41) is 5.97. The van der Waals surface area contributed by atoms with E-state index in [-0.39, 0.29) is 17.9 Å². The fourth-order valence-corrected chi connectivity index (χ4v) is 4.32. The molecule has 2 aromatic heterocycles. The summed E-state index contributed by atoms with van der Waals surface area (Å²) in [5.41, 5.74) is 6.51. The molecule has 4 aromatic rings. The third-order valence-electron chi connectivity index (χ3n) is 5.99. The molecule has 1 aliphatic rings. The Balaban J connectivity index is 1.24. The van der Waals surface area contributed by atoms with Crippen LogP contribution in [0.1, 0.15) is 41.6 Å². The molecule has 34 heavy (non-hydrogen) atoms. The second-order valence-corrected chi connectivity index (χ2v) is 8.17. The van der Waals surface area contributed by atoms with Crippen molar-refractivity contribution in [3.05, 3.63) is 69.8 Å². The molecule has 2 N–H and O–H groups in total. The molecule has 0 fully saturated rings. The smallest absolute Gasteiger partial charge is 0.290 e. The van der Waals surface area contributed by atoms with Gasteiger partial charge in [-0.2, -0.15) is 5.10 Å². The van der Waals surface area contributed by atoms with Gasteiger partial charge in [0.15, 0.2) is 12.3 Å². The number of fused-ring (bicyclic) bond motifs is 4. The molecule has 9 heteroatoms. The van der Waals surface area contributed by atoms with Crippen molar-refractivity contribution in [2.75, 3.05) is 6.61 Å². The summed E-state index contributed by atoms with van der Waals surface area (Å²) in [4.78, 5) is 37.5. The molecule has 2 amide bonds. The summed E-state index contributed by atoms with van der Waals surface area (Å²) in [7, 11) is 0. The fraction of sp³-hybridized carbons (Fsp3) is 0.280. The first-order valence-electron chi connectivity index (χ1n) is 11.3. The van der Waals surface area contributed by atoms with Gasteiger partial charge < -0.3 is 9.15 Å². The van der Waals surface area contributed by atoms with Crippen LogP contribution in [0.3, 0.4) is 0 Å². The Hall–Kier alpha value is -4.14. The first kappa shape index (κ1) is 21.7. The van der Waals surface area contributed by atoms with Crippen molar-refractivity contribution < 1.29 is 18.7 Å². The highest BCUT2D eigenvalue weighted by molar-refractivity contribution is 6.05. The van der Waals surface area contributed by atoms with Crippen molar-refractivity contribution in [2.45, 2.75) is 39.2 Å². The molecule has 5 rings (SSSR count). The summed E-state index contributed by atoms with van der Waals surface area (Å²) >= 11 is 0. The van der Waals surface area contributed by atoms with Gasteiger partial charge in [0.1, 0.15) is 17.1 Å². The normalized spacial score (nSPS) is 13.0. The van der Waals surface area contributed by atoms with Crippen LogP contribution < -0.4 is 21.1 Å². The van der Waals surface area contributed by atoms with Gasteiger partial charge in [-0.1, -0.05) is 18.2 Å². The highest BCUT2D eigenvalue weighted by Gasteiger charge is 2.19. The zero-order valence-corrected chi connectivity index (χ0v) is 18.7. The van der Waals surface area contributed by atoms with Crippen LogP contribution in [0.4, 0.5) is 0 Å². The van der Waals surface area contributed by atoms with E-state index in [1.165, 1.54) is 10.2 Å². The summed E-state index contributed by atoms with van der Waals surface area (Å²) in [6.45, 7) is 1.80. The number of furan rings is 1. The first-order chi connectivity index (χ1) is 16.5. The van der Waals surface area contributed by atoms with Crippen LogP contribution in [0.2, 0.25) is 0 Å². The highest BCUT2D eigenvalue weighted by Crippen LogP contribution is 2.33. The van der Waals surface area contributed by atoms with E-state index in [1.807, 2.05) is 12.1 Å². The number of carbonyl (C=O) groups excluding carboxylic acids is 2. The van der Waals surface area contributed by atoms with E-state index in [0.29, 0.717) is 23.1 Å². The van der Waals surface area contributed by atoms with E-state index >= 15 is 0 Å². The minimum atomic E-state index is -0.627. The topological polar surface area (TPSA) is 115 Å². The molecule has 0 unspecified atom stereocenters. The molecular weight excluding hydrogens is 436 g/mol. The van der Waals surface area contributed by atoms with Gasteiger partial charge in [0.05, 0.1) is 5.39 Å². The highest BCUT2D eigenvalue weighted by atomic mass is 16.5. The molecule has 2 aromatic carbocycles. The van der Waals surface area contributed by atoms with Crippen molar-refractivity contribution in [1.29, 1.82) is 0 Å². The number of ether oxygens (including phenoxy) is 1. The summed E-state index contributed by atoms with van der Waals surface area (Å²) < 4.78 is 12.8. The quantitative estimate of drug-likeness (QED) is 0.443. The number of aromatic nitrogens is 2. The SMILES string of the molecule is CCn1nc(C(=O)NNC(=O)COc2ccc3oc4c(c3c2)CCCC4)c2ccccc2c1=O. The molecule has 0 saturated heterocycles. The monoisotopic (exact) mass is 460 g/mol. The molecule has 0 aliphatic heterocycles. The van der Waals surface area contributed by atoms with Crippen molar-refractivity contribution >= 4 is 33.6 Å². The number of rotatable bonds is 5. The largest absolute Gasteiger partial charge is 0.484 e. The molecule has 0 radical (unpaired) electrons. The zero-order valence-electron chi connectivity index (χ0n) is 18.7. The molecule has 9 nitrogen and oxygen atoms in total. The third-order valence-corrected chi connectivity index (χ3v) is 5.99. The number of hydrogen-bond donors (Lipinski definition) is 2. The van der Waals surface area contributed by atoms with Gasteiger partial charge in [-0.15, -0.1) is 0 Å². The standard InChI is InChI=1S/C25H24N4O5/c1-2-29-25(32)18-9-4-3-8-17(18)23(28-29)24(31)27-26-22(30)14-33-15-11-12-21-19(13-15)16-7-5-6-10-20(16)34-21/h3-4,8-9,11-13H,2,5-7,10,14H2,1H3,(H,26,30)(H,27,31). The Bertz CT molecular complexity index is 1470. The van der Waals surface area contributed by atoms with E-state index in [4.69, 9.17) is 9.15 Å². The lowest BCUT2D eigenvalue weighted by molar-refractivity contribution is -0.123. The molecule has 0 saturated carbocycles. The number of amides is 2. The predicted octanol–water partition coefficient (Wildman–Crippen LogP) is 2.88. The van der Waals surface area contributed by atoms with Gasteiger partial charge in [-0.05, 0) is 50.5 Å². The zero-order chi connectivity index (χ0) is 23.7. The lowest BCUT2D eigenvalue weighted by Crippen LogP contribution is -2.44. The minimum absolute atomic E-state index is 0.0495. The average molecular weight is 460 g/mol. The lowest BCUT2D eigenvalue weighted by atomic mass is 9.96. The van der Waals surface area contributed by atoms with Gasteiger partial charge in [-0.25, -0.2) is 4.68 Å². The Labute approximate surface area is 194 Å². The van der Waals surface area contributed by atoms with E-state index in [0.717, 1.165) is 42.4 Å². The summed E-state index contributed by atoms with van der Waals surface area (Å²) in [6.07, 6.45) is 4.19. The van der Waals surface area contributed by atoms with Crippen LogP contribution in [-0.2, 0) is 24.2 Å². The van der Waals surface area contributed by atoms with Crippen LogP contribution in [0.25, 0.3) is 21.7 Å². The maximum atomic E-state index is 12.7. The van der Waals surface area contributed by atoms with Crippen molar-refractivity contribution in [1.82, 2.24) is 20.6 Å². The Morgan fingerprint density at radius 1 is 1.06 bits per heavy atom. The second kappa shape index (κ2) is 9.01. The second-order valence-electron chi connectivity index (χ2n) is 8.17. The molecule has 0 bridgehead atoms. The summed E-state index contributed by atoms with van der Waals surface area (Å²) in [5.74, 6) is 0.425. The average Bonchev–Trinajstić information content (AvgIpc) is 3.24. The molecule has 174 valence electrons. The molecule has 1 aliphatic carbocycles. The van der Waals surface area contributed by atoms with Crippen LogP contribution >= 0.6 is 0 Å². The number of hydrazine groups is 1. The Kier molecular flexibility index (Phi) is 5.75. The van der Waals surface area contributed by atoms with Crippen LogP contribution in [0.15, 0.2) is 51.7 Å². The number of nitrogens with zero attached hydrogens (tertiary/aromatic N) is 2. The van der Waals surface area contributed by atoms with E-state index in [1.54, 1.807) is 37.3 Å². The van der Waals surface area contributed by atoms with Gasteiger partial charge >= 0.3 is 0 Å². The van der Waals surface area contributed by atoms with Crippen molar-refractivity contribution in [3.8, 4) is 5.75 Å². The van der Waals surface area contributed by atoms with E-state index < -0.39 is 11.8 Å². The fourth-order valence-electron chi connectivity index (χ4n) is 4.32. The minimum Gasteiger partial charge on any atom is -0.484 e. The number of carbonyl (C=O) groups is 2. The van der Waals surface area contributed by atoms with E-state index in [9.17, 15) is 14.4 Å². The van der Waals surface area contributed by atoms with Crippen LogP contribution in [0, 0.1) is 0 Å². The van der Waals surface area contributed by atoms with Crippen LogP contribution in [0.5, 0.6) is 5.75 Å². The maximum Gasteiger partial charge on any atom is 0.290 e. The first-order valence-corrected chi connectivity index (χ1v) is 11.3. The maximum absolute atomic E-state index is 12.7. The number of benzene rings is 2. The molecular formula is C25H24N4O5. The van der Waals surface area contributed by atoms with Gasteiger partial charge in [-0.3, -0.25) is 25.2 Å². The van der Waals surface area contributed by atoms with Crippen LogP contribution in [-0.4, -0.2) is 28.2 Å². The number of aryl methyl sites for hydroxylation is 3. The van der Waals surface area contributed by atoms with Gasteiger partial charge in [0.2, 0.25) is 0 Å². The van der Waals surface area contributed by atoms with E-state index in [2.05, 4.69) is 16.0 Å². The number of hydrogen-bond acceptors (Lipinski definition) is 6. The third kappa shape index (κ3) is 4.00. The van der Waals surface area contributed by atoms with Gasteiger partial charge in [0, 0.05) is 29.3 Å². The molecule has 2 heterocycles. The molecule has 0 atom stereocenters. The molecule has 0 spiro atoms. The van der Waals surface area contributed by atoms with Gasteiger partial charge in [0.25, 0.3) is 17.4 Å². The lowest BCUT2D eigenvalue weighted by Gasteiger charge is -2.11. The van der Waals surface area contributed by atoms with Crippen molar-refractivity contribution in [2.24, 2.45) is 0 Å². The Morgan fingerprint density at radius 2 is 1.85 bits per heavy atom. The number of nitrogens with one attached hydrogen (secondary N) is 2. The Morgan fingerprint density at radius 3 is 2.68 bits per heavy atom.